The molecular formula is C14H23ClN2. The Kier molecular flexibility index (Phi) is 6.53. The molecule has 3 heteroatoms. The summed E-state index contributed by atoms with van der Waals surface area (Å²) in [6.07, 6.45) is 9.12. The van der Waals surface area contributed by atoms with Crippen molar-refractivity contribution in [3.63, 3.8) is 0 Å². The zero-order valence-corrected chi connectivity index (χ0v) is 11.9. The minimum Gasteiger partial charge on any atom is -0.306 e. The fourth-order valence-corrected chi connectivity index (χ4v) is 2.44. The van der Waals surface area contributed by atoms with E-state index in [1.54, 1.807) is 0 Å². The van der Waals surface area contributed by atoms with Gasteiger partial charge < -0.3 is 4.90 Å². The molecule has 1 fully saturated rings. The van der Waals surface area contributed by atoms with Gasteiger partial charge in [-0.2, -0.15) is 0 Å². The molecule has 0 aromatic rings. The summed E-state index contributed by atoms with van der Waals surface area (Å²) in [6.45, 7) is 6.35. The maximum absolute atomic E-state index is 6.34. The number of hydrogen-bond acceptors (Lipinski definition) is 2. The van der Waals surface area contributed by atoms with Crippen molar-refractivity contribution in [2.45, 2.75) is 33.1 Å². The van der Waals surface area contributed by atoms with Crippen molar-refractivity contribution in [3.05, 3.63) is 23.4 Å². The maximum Gasteiger partial charge on any atom is 0.0617 e. The van der Waals surface area contributed by atoms with E-state index in [0.717, 1.165) is 43.1 Å². The lowest BCUT2D eigenvalue weighted by Crippen LogP contribution is -2.33. The van der Waals surface area contributed by atoms with Crippen LogP contribution in [-0.2, 0) is 0 Å². The van der Waals surface area contributed by atoms with Crippen LogP contribution in [0.5, 0.6) is 0 Å². The predicted molar refractivity (Wildman–Crippen MR) is 76.7 cm³/mol. The van der Waals surface area contributed by atoms with Gasteiger partial charge in [0.1, 0.15) is 0 Å². The molecule has 1 heterocycles. The van der Waals surface area contributed by atoms with Crippen molar-refractivity contribution in [2.24, 2.45) is 10.9 Å². The first kappa shape index (κ1) is 14.5. The molecule has 2 nitrogen and oxygen atoms in total. The summed E-state index contributed by atoms with van der Waals surface area (Å²) in [5.41, 5.74) is 1.07. The summed E-state index contributed by atoms with van der Waals surface area (Å²) in [4.78, 5) is 6.89. The van der Waals surface area contributed by atoms with Gasteiger partial charge in [-0.3, -0.25) is 4.99 Å². The second-order valence-corrected chi connectivity index (χ2v) is 4.94. The SMILES string of the molecule is C\C=C/N=C(\C(Cl)=C\CC)C1CCN(C)CC1. The third-order valence-corrected chi connectivity index (χ3v) is 3.44. The fraction of sp³-hybridized carbons (Fsp3) is 0.643. The monoisotopic (exact) mass is 254 g/mol. The smallest absolute Gasteiger partial charge is 0.0617 e. The quantitative estimate of drug-likeness (QED) is 0.696. The Labute approximate surface area is 110 Å². The summed E-state index contributed by atoms with van der Waals surface area (Å²) in [7, 11) is 2.17. The van der Waals surface area contributed by atoms with E-state index in [4.69, 9.17) is 11.6 Å². The number of hydrogen-bond donors (Lipinski definition) is 0. The Bertz CT molecular complexity index is 310. The summed E-state index contributed by atoms with van der Waals surface area (Å²) in [5, 5.41) is 0.833. The van der Waals surface area contributed by atoms with E-state index in [0.29, 0.717) is 5.92 Å². The van der Waals surface area contributed by atoms with Gasteiger partial charge >= 0.3 is 0 Å². The van der Waals surface area contributed by atoms with E-state index in [1.807, 2.05) is 19.2 Å². The van der Waals surface area contributed by atoms with Gasteiger partial charge in [0, 0.05) is 12.1 Å². The molecule has 17 heavy (non-hydrogen) atoms. The molecule has 0 bridgehead atoms. The maximum atomic E-state index is 6.34. The van der Waals surface area contributed by atoms with Crippen molar-refractivity contribution in [1.82, 2.24) is 4.90 Å². The molecule has 0 aromatic heterocycles. The van der Waals surface area contributed by atoms with Crippen LogP contribution in [0.25, 0.3) is 0 Å². The molecule has 1 rings (SSSR count). The molecule has 1 aliphatic rings. The molecule has 0 N–H and O–H groups in total. The first-order valence-electron chi connectivity index (χ1n) is 6.42. The molecule has 0 spiro atoms. The van der Waals surface area contributed by atoms with Gasteiger partial charge in [-0.05, 0) is 46.3 Å². The van der Waals surface area contributed by atoms with Crippen LogP contribution in [0.2, 0.25) is 0 Å². The lowest BCUT2D eigenvalue weighted by Gasteiger charge is -2.29. The largest absolute Gasteiger partial charge is 0.306 e. The summed E-state index contributed by atoms with van der Waals surface area (Å²) in [5.74, 6) is 0.512. The molecule has 0 radical (unpaired) electrons. The van der Waals surface area contributed by atoms with Crippen LogP contribution in [-0.4, -0.2) is 30.7 Å². The third-order valence-electron chi connectivity index (χ3n) is 3.10. The second kappa shape index (κ2) is 7.67. The van der Waals surface area contributed by atoms with Crippen LogP contribution in [0, 0.1) is 5.92 Å². The molecule has 96 valence electrons. The van der Waals surface area contributed by atoms with Crippen LogP contribution < -0.4 is 0 Å². The van der Waals surface area contributed by atoms with Gasteiger partial charge in [-0.25, -0.2) is 0 Å². The average Bonchev–Trinajstić information content (AvgIpc) is 2.32. The molecular weight excluding hydrogens is 232 g/mol. The molecule has 0 saturated carbocycles. The number of nitrogens with zero attached hydrogens (tertiary/aromatic N) is 2. The van der Waals surface area contributed by atoms with Crippen molar-refractivity contribution in [3.8, 4) is 0 Å². The lowest BCUT2D eigenvalue weighted by atomic mass is 9.91. The van der Waals surface area contributed by atoms with Crippen LogP contribution in [0.4, 0.5) is 0 Å². The Morgan fingerprint density at radius 2 is 2.06 bits per heavy atom. The van der Waals surface area contributed by atoms with Crippen LogP contribution in [0.1, 0.15) is 33.1 Å². The topological polar surface area (TPSA) is 15.6 Å². The normalized spacial score (nSPS) is 21.4. The molecule has 0 aliphatic carbocycles. The first-order chi connectivity index (χ1) is 8.19. The molecule has 1 saturated heterocycles. The van der Waals surface area contributed by atoms with Crippen LogP contribution in [0.15, 0.2) is 28.4 Å². The average molecular weight is 255 g/mol. The Hall–Kier alpha value is -0.600. The highest BCUT2D eigenvalue weighted by molar-refractivity contribution is 6.43. The van der Waals surface area contributed by atoms with Crippen molar-refractivity contribution < 1.29 is 0 Å². The van der Waals surface area contributed by atoms with Crippen LogP contribution >= 0.6 is 11.6 Å². The van der Waals surface area contributed by atoms with Gasteiger partial charge in [-0.1, -0.05) is 30.7 Å². The molecule has 0 amide bonds. The Morgan fingerprint density at radius 1 is 1.41 bits per heavy atom. The summed E-state index contributed by atoms with van der Waals surface area (Å²) < 4.78 is 0. The molecule has 1 aliphatic heterocycles. The first-order valence-corrected chi connectivity index (χ1v) is 6.80. The van der Waals surface area contributed by atoms with Gasteiger partial charge in [0.25, 0.3) is 0 Å². The summed E-state index contributed by atoms with van der Waals surface area (Å²) in [6, 6.07) is 0. The summed E-state index contributed by atoms with van der Waals surface area (Å²) >= 11 is 6.34. The number of allylic oxidation sites excluding steroid dienone is 3. The standard InChI is InChI=1S/C14H23ClN2/c1-4-6-13(15)14(16-9-5-2)12-7-10-17(3)11-8-12/h5-6,9,12H,4,7-8,10-11H2,1-3H3/b9-5-,13-6-,16-14-. The molecule has 0 atom stereocenters. The van der Waals surface area contributed by atoms with E-state index in [9.17, 15) is 0 Å². The zero-order chi connectivity index (χ0) is 12.7. The lowest BCUT2D eigenvalue weighted by molar-refractivity contribution is 0.252. The minimum atomic E-state index is 0.512. The van der Waals surface area contributed by atoms with E-state index in [1.165, 1.54) is 0 Å². The van der Waals surface area contributed by atoms with Crippen molar-refractivity contribution in [2.75, 3.05) is 20.1 Å². The predicted octanol–water partition coefficient (Wildman–Crippen LogP) is 3.84. The number of piperidine rings is 1. The Balaban J connectivity index is 2.80. The van der Waals surface area contributed by atoms with Gasteiger partial charge in [0.05, 0.1) is 10.7 Å². The number of likely N-dealkylation sites (tertiary alicyclic amines) is 1. The zero-order valence-electron chi connectivity index (χ0n) is 11.1. The van der Waals surface area contributed by atoms with Gasteiger partial charge in [0.15, 0.2) is 0 Å². The number of aliphatic imine (C=N–C) groups is 1. The van der Waals surface area contributed by atoms with E-state index >= 15 is 0 Å². The highest BCUT2D eigenvalue weighted by atomic mass is 35.5. The van der Waals surface area contributed by atoms with Crippen LogP contribution in [0.3, 0.4) is 0 Å². The third kappa shape index (κ3) is 4.64. The Morgan fingerprint density at radius 3 is 2.59 bits per heavy atom. The minimum absolute atomic E-state index is 0.512. The number of rotatable bonds is 4. The van der Waals surface area contributed by atoms with Crippen molar-refractivity contribution >= 4 is 17.3 Å². The number of halogens is 1. The van der Waals surface area contributed by atoms with Crippen molar-refractivity contribution in [1.29, 1.82) is 0 Å². The molecule has 0 aromatic carbocycles. The highest BCUT2D eigenvalue weighted by Gasteiger charge is 2.22. The van der Waals surface area contributed by atoms with E-state index in [2.05, 4.69) is 29.9 Å². The second-order valence-electron chi connectivity index (χ2n) is 4.53. The van der Waals surface area contributed by atoms with Gasteiger partial charge in [0.2, 0.25) is 0 Å². The van der Waals surface area contributed by atoms with Gasteiger partial charge in [-0.15, -0.1) is 0 Å². The highest BCUT2D eigenvalue weighted by Crippen LogP contribution is 2.24. The molecule has 0 unspecified atom stereocenters. The fourth-order valence-electron chi connectivity index (χ4n) is 2.08. The van der Waals surface area contributed by atoms with E-state index < -0.39 is 0 Å². The van der Waals surface area contributed by atoms with E-state index in [-0.39, 0.29) is 0 Å².